The number of rotatable bonds is 5. The number of nitrogens with one attached hydrogen (secondary N) is 2. The average Bonchev–Trinajstić information content (AvgIpc) is 2.88. The Morgan fingerprint density at radius 2 is 2.05 bits per heavy atom. The average molecular weight is 295 g/mol. The van der Waals surface area contributed by atoms with Crippen molar-refractivity contribution >= 4 is 28.2 Å². The highest BCUT2D eigenvalue weighted by atomic mass is 32.1. The summed E-state index contributed by atoms with van der Waals surface area (Å²) in [7, 11) is 1.93. The molecule has 1 aliphatic carbocycles. The summed E-state index contributed by atoms with van der Waals surface area (Å²) < 4.78 is 0. The first-order chi connectivity index (χ1) is 9.54. The van der Waals surface area contributed by atoms with Crippen molar-refractivity contribution in [2.24, 2.45) is 0 Å². The van der Waals surface area contributed by atoms with Crippen LogP contribution in [-0.4, -0.2) is 29.3 Å². The molecule has 1 heterocycles. The summed E-state index contributed by atoms with van der Waals surface area (Å²) in [5, 5.41) is 8.30. The molecule has 0 unspecified atom stereocenters. The van der Waals surface area contributed by atoms with Gasteiger partial charge in [-0.1, -0.05) is 19.3 Å². The van der Waals surface area contributed by atoms with Crippen LogP contribution in [0.5, 0.6) is 0 Å². The summed E-state index contributed by atoms with van der Waals surface area (Å²) in [5.74, 6) is -0.119. The number of hydrogen-bond donors (Lipinski definition) is 2. The minimum atomic E-state index is -0.0827. The minimum Gasteiger partial charge on any atom is -0.314 e. The molecule has 20 heavy (non-hydrogen) atoms. The predicted molar refractivity (Wildman–Crippen MR) is 80.2 cm³/mol. The predicted octanol–water partition coefficient (Wildman–Crippen LogP) is 2.60. The first-order valence-electron chi connectivity index (χ1n) is 7.00. The van der Waals surface area contributed by atoms with Gasteiger partial charge in [-0.15, -0.1) is 11.3 Å². The second kappa shape index (κ2) is 6.45. The number of aromatic nitrogens is 1. The minimum absolute atomic E-state index is 0.0364. The van der Waals surface area contributed by atoms with Crippen molar-refractivity contribution in [1.82, 2.24) is 10.3 Å². The standard InChI is InChI=1S/C14H21N3O2S/c1-10(18)11-9-20-13(16-11)17-12(19)8-14(15-2)6-4-3-5-7-14/h9,15H,3-8H2,1-2H3,(H,16,17,19). The highest BCUT2D eigenvalue weighted by molar-refractivity contribution is 7.14. The van der Waals surface area contributed by atoms with Crippen LogP contribution in [0.2, 0.25) is 0 Å². The van der Waals surface area contributed by atoms with Gasteiger partial charge in [0.05, 0.1) is 0 Å². The third-order valence-electron chi connectivity index (χ3n) is 3.95. The first kappa shape index (κ1) is 15.1. The molecule has 0 radical (unpaired) electrons. The molecule has 1 aromatic rings. The van der Waals surface area contributed by atoms with Crippen LogP contribution in [0.3, 0.4) is 0 Å². The Morgan fingerprint density at radius 3 is 2.60 bits per heavy atom. The Hall–Kier alpha value is -1.27. The first-order valence-corrected chi connectivity index (χ1v) is 7.88. The second-order valence-corrected chi connectivity index (χ2v) is 6.27. The molecular formula is C14H21N3O2S. The fraction of sp³-hybridized carbons (Fsp3) is 0.643. The van der Waals surface area contributed by atoms with Crippen LogP contribution in [0.4, 0.5) is 5.13 Å². The van der Waals surface area contributed by atoms with E-state index in [0.29, 0.717) is 17.2 Å². The monoisotopic (exact) mass is 295 g/mol. The van der Waals surface area contributed by atoms with Gasteiger partial charge >= 0.3 is 0 Å². The molecule has 0 aliphatic heterocycles. The summed E-state index contributed by atoms with van der Waals surface area (Å²) in [6.45, 7) is 1.47. The molecule has 0 spiro atoms. The van der Waals surface area contributed by atoms with Crippen LogP contribution in [0.1, 0.15) is 55.9 Å². The molecule has 1 saturated carbocycles. The fourth-order valence-electron chi connectivity index (χ4n) is 2.71. The number of anilines is 1. The van der Waals surface area contributed by atoms with Crippen molar-refractivity contribution in [2.45, 2.75) is 51.0 Å². The van der Waals surface area contributed by atoms with Crippen molar-refractivity contribution in [3.63, 3.8) is 0 Å². The Bertz CT molecular complexity index is 492. The van der Waals surface area contributed by atoms with Crippen LogP contribution in [0.15, 0.2) is 5.38 Å². The molecule has 6 heteroatoms. The number of carbonyl (C=O) groups excluding carboxylic acids is 2. The molecule has 0 aromatic carbocycles. The van der Waals surface area contributed by atoms with Crippen LogP contribution in [-0.2, 0) is 4.79 Å². The summed E-state index contributed by atoms with van der Waals surface area (Å²) in [4.78, 5) is 27.4. The van der Waals surface area contributed by atoms with E-state index >= 15 is 0 Å². The summed E-state index contributed by atoms with van der Waals surface area (Å²) in [5.41, 5.74) is 0.328. The van der Waals surface area contributed by atoms with Gasteiger partial charge in [0.1, 0.15) is 5.69 Å². The van der Waals surface area contributed by atoms with E-state index in [0.717, 1.165) is 12.8 Å². The summed E-state index contributed by atoms with van der Waals surface area (Å²) in [6, 6.07) is 0. The molecule has 1 aromatic heterocycles. The fourth-order valence-corrected chi connectivity index (χ4v) is 3.47. The molecule has 110 valence electrons. The highest BCUT2D eigenvalue weighted by Crippen LogP contribution is 2.31. The number of hydrogen-bond acceptors (Lipinski definition) is 5. The molecule has 2 N–H and O–H groups in total. The van der Waals surface area contributed by atoms with Crippen LogP contribution in [0.25, 0.3) is 0 Å². The van der Waals surface area contributed by atoms with E-state index in [2.05, 4.69) is 15.6 Å². The van der Waals surface area contributed by atoms with E-state index < -0.39 is 0 Å². The van der Waals surface area contributed by atoms with Gasteiger partial charge < -0.3 is 10.6 Å². The number of nitrogens with zero attached hydrogens (tertiary/aromatic N) is 1. The van der Waals surface area contributed by atoms with Crippen LogP contribution >= 0.6 is 11.3 Å². The van der Waals surface area contributed by atoms with Crippen LogP contribution in [0, 0.1) is 0 Å². The van der Waals surface area contributed by atoms with Gasteiger partial charge in [0.2, 0.25) is 5.91 Å². The van der Waals surface area contributed by atoms with Gasteiger partial charge in [0.25, 0.3) is 0 Å². The molecule has 5 nitrogen and oxygen atoms in total. The molecule has 1 amide bonds. The summed E-state index contributed by atoms with van der Waals surface area (Å²) >= 11 is 1.29. The van der Waals surface area contributed by atoms with Gasteiger partial charge in [-0.25, -0.2) is 4.98 Å². The maximum Gasteiger partial charge on any atom is 0.228 e. The lowest BCUT2D eigenvalue weighted by molar-refractivity contribution is -0.117. The highest BCUT2D eigenvalue weighted by Gasteiger charge is 2.32. The van der Waals surface area contributed by atoms with E-state index in [-0.39, 0.29) is 17.2 Å². The number of ketones is 1. The zero-order valence-corrected chi connectivity index (χ0v) is 12.8. The van der Waals surface area contributed by atoms with E-state index in [1.54, 1.807) is 5.38 Å². The van der Waals surface area contributed by atoms with Gasteiger partial charge in [0.15, 0.2) is 10.9 Å². The zero-order chi connectivity index (χ0) is 14.6. The topological polar surface area (TPSA) is 71.1 Å². The van der Waals surface area contributed by atoms with E-state index in [1.807, 2.05) is 7.05 Å². The van der Waals surface area contributed by atoms with Gasteiger partial charge in [-0.05, 0) is 19.9 Å². The van der Waals surface area contributed by atoms with Gasteiger partial charge in [-0.3, -0.25) is 9.59 Å². The van der Waals surface area contributed by atoms with Crippen molar-refractivity contribution in [3.8, 4) is 0 Å². The molecule has 1 aliphatic rings. The van der Waals surface area contributed by atoms with Crippen molar-refractivity contribution in [3.05, 3.63) is 11.1 Å². The summed E-state index contributed by atoms with van der Waals surface area (Å²) in [6.07, 6.45) is 6.11. The molecular weight excluding hydrogens is 274 g/mol. The van der Waals surface area contributed by atoms with E-state index in [4.69, 9.17) is 0 Å². The number of amides is 1. The second-order valence-electron chi connectivity index (χ2n) is 5.41. The Morgan fingerprint density at radius 1 is 1.35 bits per heavy atom. The molecule has 0 atom stereocenters. The third kappa shape index (κ3) is 3.64. The molecule has 2 rings (SSSR count). The molecule has 0 bridgehead atoms. The van der Waals surface area contributed by atoms with Gasteiger partial charge in [-0.2, -0.15) is 0 Å². The van der Waals surface area contributed by atoms with Crippen LogP contribution < -0.4 is 10.6 Å². The van der Waals surface area contributed by atoms with Crippen molar-refractivity contribution in [2.75, 3.05) is 12.4 Å². The lowest BCUT2D eigenvalue weighted by Gasteiger charge is -2.36. The largest absolute Gasteiger partial charge is 0.314 e. The Labute approximate surface area is 123 Å². The lowest BCUT2D eigenvalue weighted by Crippen LogP contribution is -2.47. The normalized spacial score (nSPS) is 17.7. The third-order valence-corrected chi connectivity index (χ3v) is 4.71. The van der Waals surface area contributed by atoms with E-state index in [1.165, 1.54) is 37.5 Å². The Kier molecular flexibility index (Phi) is 4.88. The quantitative estimate of drug-likeness (QED) is 0.819. The zero-order valence-electron chi connectivity index (χ0n) is 12.0. The van der Waals surface area contributed by atoms with Crippen molar-refractivity contribution < 1.29 is 9.59 Å². The Balaban J connectivity index is 1.95. The van der Waals surface area contributed by atoms with Crippen molar-refractivity contribution in [1.29, 1.82) is 0 Å². The molecule has 1 fully saturated rings. The maximum atomic E-state index is 12.2. The SMILES string of the molecule is CNC1(CC(=O)Nc2nc(C(C)=O)cs2)CCCCC1. The maximum absolute atomic E-state index is 12.2. The van der Waals surface area contributed by atoms with E-state index in [9.17, 15) is 9.59 Å². The number of carbonyl (C=O) groups is 2. The lowest BCUT2D eigenvalue weighted by atomic mass is 9.79. The molecule has 0 saturated heterocycles. The van der Waals surface area contributed by atoms with Gasteiger partial charge in [0, 0.05) is 24.3 Å². The smallest absolute Gasteiger partial charge is 0.228 e. The number of thiazole rings is 1. The number of Topliss-reactive ketones (excluding diaryl/α,β-unsaturated/α-hetero) is 1.